The summed E-state index contributed by atoms with van der Waals surface area (Å²) < 4.78 is 4.99. The van der Waals surface area contributed by atoms with Gasteiger partial charge in [0.15, 0.2) is 0 Å². The van der Waals surface area contributed by atoms with Crippen LogP contribution in [0.15, 0.2) is 0 Å². The molecule has 0 aliphatic heterocycles. The van der Waals surface area contributed by atoms with Gasteiger partial charge in [-0.05, 0) is 38.7 Å². The van der Waals surface area contributed by atoms with Gasteiger partial charge in [-0.1, -0.05) is 0 Å². The van der Waals surface area contributed by atoms with Crippen LogP contribution in [0.5, 0.6) is 0 Å². The molecule has 0 aromatic carbocycles. The van der Waals surface area contributed by atoms with Gasteiger partial charge in [0.05, 0.1) is 10.6 Å². The van der Waals surface area contributed by atoms with Crippen LogP contribution in [0.2, 0.25) is 0 Å². The summed E-state index contributed by atoms with van der Waals surface area (Å²) in [6.45, 7) is 5.27. The van der Waals surface area contributed by atoms with E-state index in [2.05, 4.69) is 15.3 Å². The lowest BCUT2D eigenvalue weighted by atomic mass is 10.1. The molecule has 2 aromatic rings. The first-order valence-electron chi connectivity index (χ1n) is 7.66. The van der Waals surface area contributed by atoms with Crippen LogP contribution in [0.25, 0.3) is 10.2 Å². The first-order chi connectivity index (χ1) is 10.6. The molecule has 22 heavy (non-hydrogen) atoms. The zero-order valence-electron chi connectivity index (χ0n) is 13.2. The minimum Gasteiger partial charge on any atom is -0.385 e. The van der Waals surface area contributed by atoms with Gasteiger partial charge >= 0.3 is 0 Å². The van der Waals surface area contributed by atoms with E-state index in [1.54, 1.807) is 7.11 Å². The molecule has 1 amide bonds. The molecule has 6 heteroatoms. The van der Waals surface area contributed by atoms with E-state index in [0.29, 0.717) is 19.1 Å². The lowest BCUT2D eigenvalue weighted by molar-refractivity contribution is 0.0952. The molecule has 3 rings (SSSR count). The molecule has 2 heterocycles. The van der Waals surface area contributed by atoms with Gasteiger partial charge < -0.3 is 10.1 Å². The minimum absolute atomic E-state index is 0.0241. The molecule has 1 saturated carbocycles. The number of aryl methyl sites for hydroxylation is 2. The number of fused-ring (bicyclic) bond motifs is 1. The van der Waals surface area contributed by atoms with Gasteiger partial charge in [-0.2, -0.15) is 0 Å². The highest BCUT2D eigenvalue weighted by atomic mass is 32.1. The highest BCUT2D eigenvalue weighted by Crippen LogP contribution is 2.40. The van der Waals surface area contributed by atoms with Gasteiger partial charge in [0.2, 0.25) is 0 Å². The maximum absolute atomic E-state index is 12.4. The molecule has 0 bridgehead atoms. The molecule has 1 aliphatic rings. The number of thiophene rings is 1. The number of nitrogens with zero attached hydrogens (tertiary/aromatic N) is 2. The van der Waals surface area contributed by atoms with Crippen LogP contribution >= 0.6 is 11.3 Å². The Kier molecular flexibility index (Phi) is 4.40. The van der Waals surface area contributed by atoms with Crippen LogP contribution in [0, 0.1) is 13.8 Å². The number of nitrogens with one attached hydrogen (secondary N) is 1. The number of hydrogen-bond acceptors (Lipinski definition) is 5. The van der Waals surface area contributed by atoms with E-state index in [1.165, 1.54) is 24.2 Å². The fourth-order valence-electron chi connectivity index (χ4n) is 2.60. The highest BCUT2D eigenvalue weighted by Gasteiger charge is 2.28. The summed E-state index contributed by atoms with van der Waals surface area (Å²) in [4.78, 5) is 23.3. The first kappa shape index (κ1) is 15.4. The molecule has 0 unspecified atom stereocenters. The number of ether oxygens (including phenoxy) is 1. The predicted octanol–water partition coefficient (Wildman–Crippen LogP) is 2.95. The number of methoxy groups -OCH3 is 1. The van der Waals surface area contributed by atoms with Crippen molar-refractivity contribution < 1.29 is 9.53 Å². The van der Waals surface area contributed by atoms with Crippen molar-refractivity contribution in [3.8, 4) is 0 Å². The van der Waals surface area contributed by atoms with Crippen molar-refractivity contribution in [2.75, 3.05) is 20.3 Å². The average molecular weight is 319 g/mol. The second-order valence-electron chi connectivity index (χ2n) is 5.78. The summed E-state index contributed by atoms with van der Waals surface area (Å²) in [5, 5.41) is 3.99. The van der Waals surface area contributed by atoms with Crippen LogP contribution < -0.4 is 5.32 Å². The van der Waals surface area contributed by atoms with Gasteiger partial charge in [0.1, 0.15) is 10.7 Å². The van der Waals surface area contributed by atoms with Gasteiger partial charge in [-0.3, -0.25) is 4.79 Å². The lowest BCUT2D eigenvalue weighted by Gasteiger charge is -2.04. The van der Waals surface area contributed by atoms with Gasteiger partial charge in [0, 0.05) is 31.6 Å². The van der Waals surface area contributed by atoms with E-state index in [4.69, 9.17) is 4.74 Å². The summed E-state index contributed by atoms with van der Waals surface area (Å²) >= 11 is 1.47. The maximum atomic E-state index is 12.4. The largest absolute Gasteiger partial charge is 0.385 e. The van der Waals surface area contributed by atoms with E-state index in [9.17, 15) is 4.79 Å². The second-order valence-corrected chi connectivity index (χ2v) is 6.78. The smallest absolute Gasteiger partial charge is 0.261 e. The Bertz CT molecular complexity index is 707. The molecule has 2 aromatic heterocycles. The topological polar surface area (TPSA) is 64.1 Å². The number of carbonyl (C=O) groups is 1. The zero-order chi connectivity index (χ0) is 15.7. The van der Waals surface area contributed by atoms with Crippen molar-refractivity contribution in [3.05, 3.63) is 22.0 Å². The molecular formula is C16H21N3O2S. The fourth-order valence-corrected chi connectivity index (χ4v) is 3.75. The third-order valence-electron chi connectivity index (χ3n) is 3.95. The van der Waals surface area contributed by atoms with E-state index >= 15 is 0 Å². The van der Waals surface area contributed by atoms with Crippen molar-refractivity contribution >= 4 is 27.5 Å². The number of carbonyl (C=O) groups excluding carboxylic acids is 1. The Hall–Kier alpha value is -1.53. The van der Waals surface area contributed by atoms with Crippen molar-refractivity contribution in [3.63, 3.8) is 0 Å². The Balaban J connectivity index is 1.85. The molecule has 1 N–H and O–H groups in total. The zero-order valence-corrected chi connectivity index (χ0v) is 14.0. The van der Waals surface area contributed by atoms with Crippen LogP contribution in [-0.2, 0) is 4.74 Å². The van der Waals surface area contributed by atoms with Crippen molar-refractivity contribution in [1.82, 2.24) is 15.3 Å². The molecule has 1 aliphatic carbocycles. The van der Waals surface area contributed by atoms with Crippen LogP contribution in [0.3, 0.4) is 0 Å². The van der Waals surface area contributed by atoms with Crippen molar-refractivity contribution in [1.29, 1.82) is 0 Å². The van der Waals surface area contributed by atoms with Gasteiger partial charge in [0.25, 0.3) is 5.91 Å². The first-order valence-corrected chi connectivity index (χ1v) is 8.48. The average Bonchev–Trinajstić information content (AvgIpc) is 3.28. The summed E-state index contributed by atoms with van der Waals surface area (Å²) in [7, 11) is 1.66. The summed E-state index contributed by atoms with van der Waals surface area (Å²) in [6, 6.07) is 0. The van der Waals surface area contributed by atoms with E-state index in [1.807, 2.05) is 13.8 Å². The second kappa shape index (κ2) is 6.30. The van der Waals surface area contributed by atoms with Crippen LogP contribution in [-0.4, -0.2) is 36.1 Å². The Labute approximate surface area is 134 Å². The van der Waals surface area contributed by atoms with Crippen molar-refractivity contribution in [2.24, 2.45) is 0 Å². The summed E-state index contributed by atoms with van der Waals surface area (Å²) in [5.41, 5.74) is 1.98. The van der Waals surface area contributed by atoms with E-state index in [-0.39, 0.29) is 5.91 Å². The standard InChI is InChI=1S/C16H21N3O2S/c1-9-12-10(2)18-14(11-5-6-11)19-16(12)22-13(9)15(20)17-7-4-8-21-3/h11H,4-8H2,1-3H3,(H,17,20). The van der Waals surface area contributed by atoms with Crippen molar-refractivity contribution in [2.45, 2.75) is 39.0 Å². The third-order valence-corrected chi connectivity index (χ3v) is 5.13. The number of hydrogen-bond donors (Lipinski definition) is 1. The number of amides is 1. The normalized spacial score (nSPS) is 14.5. The molecule has 1 fully saturated rings. The quantitative estimate of drug-likeness (QED) is 0.832. The molecule has 0 radical (unpaired) electrons. The molecule has 0 atom stereocenters. The van der Waals surface area contributed by atoms with E-state index < -0.39 is 0 Å². The fraction of sp³-hybridized carbons (Fsp3) is 0.562. The number of aromatic nitrogens is 2. The predicted molar refractivity (Wildman–Crippen MR) is 87.7 cm³/mol. The molecular weight excluding hydrogens is 298 g/mol. The summed E-state index contributed by atoms with van der Waals surface area (Å²) in [5.74, 6) is 1.44. The number of rotatable bonds is 6. The highest BCUT2D eigenvalue weighted by molar-refractivity contribution is 7.20. The monoisotopic (exact) mass is 319 g/mol. The Morgan fingerprint density at radius 3 is 2.82 bits per heavy atom. The SMILES string of the molecule is COCCCNC(=O)c1sc2nc(C3CC3)nc(C)c2c1C. The molecule has 118 valence electrons. The molecule has 0 spiro atoms. The van der Waals surface area contributed by atoms with E-state index in [0.717, 1.165) is 38.6 Å². The molecule has 0 saturated heterocycles. The van der Waals surface area contributed by atoms with Gasteiger partial charge in [-0.15, -0.1) is 11.3 Å². The lowest BCUT2D eigenvalue weighted by Crippen LogP contribution is -2.24. The Morgan fingerprint density at radius 2 is 2.14 bits per heavy atom. The van der Waals surface area contributed by atoms with Gasteiger partial charge in [-0.25, -0.2) is 9.97 Å². The van der Waals surface area contributed by atoms with Crippen LogP contribution in [0.4, 0.5) is 0 Å². The summed E-state index contributed by atoms with van der Waals surface area (Å²) in [6.07, 6.45) is 3.18. The van der Waals surface area contributed by atoms with Crippen LogP contribution in [0.1, 0.15) is 51.9 Å². The maximum Gasteiger partial charge on any atom is 0.261 e. The minimum atomic E-state index is -0.0241. The molecule has 5 nitrogen and oxygen atoms in total. The third kappa shape index (κ3) is 2.98. The Morgan fingerprint density at radius 1 is 1.36 bits per heavy atom.